The van der Waals surface area contributed by atoms with E-state index in [4.69, 9.17) is 0 Å². The molecule has 0 unspecified atom stereocenters. The van der Waals surface area contributed by atoms with Gasteiger partial charge in [-0.3, -0.25) is 9.00 Å². The normalized spacial score (nSPS) is 22.6. The van der Waals surface area contributed by atoms with Crippen molar-refractivity contribution in [2.24, 2.45) is 0 Å². The number of hydrogen-bond acceptors (Lipinski definition) is 3. The number of aromatic hydroxyl groups is 1. The summed E-state index contributed by atoms with van der Waals surface area (Å²) in [4.78, 5) is 12.2. The third-order valence-corrected chi connectivity index (χ3v) is 5.83. The maximum absolute atomic E-state index is 13.8. The number of phenols is 1. The Kier molecular flexibility index (Phi) is 5.67. The molecule has 1 aliphatic carbocycles. The van der Waals surface area contributed by atoms with E-state index < -0.39 is 51.5 Å². The summed E-state index contributed by atoms with van der Waals surface area (Å²) >= 11 is 0. The predicted molar refractivity (Wildman–Crippen MR) is 80.2 cm³/mol. The van der Waals surface area contributed by atoms with E-state index in [2.05, 4.69) is 5.32 Å². The summed E-state index contributed by atoms with van der Waals surface area (Å²) in [5.74, 6) is -6.79. The molecule has 0 aliphatic heterocycles. The van der Waals surface area contributed by atoms with E-state index in [0.29, 0.717) is 24.7 Å². The molecular formula is C15H18F3NO3S. The molecule has 2 N–H and O–H groups in total. The molecule has 4 nitrogen and oxygen atoms in total. The second-order valence-electron chi connectivity index (χ2n) is 5.45. The van der Waals surface area contributed by atoms with Crippen LogP contribution in [0.15, 0.2) is 6.07 Å². The van der Waals surface area contributed by atoms with Crippen molar-refractivity contribution < 1.29 is 27.3 Å². The van der Waals surface area contributed by atoms with Gasteiger partial charge in [-0.25, -0.2) is 8.78 Å². The highest BCUT2D eigenvalue weighted by Gasteiger charge is 2.32. The first-order valence-corrected chi connectivity index (χ1v) is 8.79. The van der Waals surface area contributed by atoms with Gasteiger partial charge in [-0.05, 0) is 18.9 Å². The molecule has 1 fully saturated rings. The quantitative estimate of drug-likeness (QED) is 0.821. The molecule has 23 heavy (non-hydrogen) atoms. The van der Waals surface area contributed by atoms with Gasteiger partial charge in [0, 0.05) is 22.6 Å². The van der Waals surface area contributed by atoms with Gasteiger partial charge < -0.3 is 10.4 Å². The highest BCUT2D eigenvalue weighted by atomic mass is 32.2. The van der Waals surface area contributed by atoms with E-state index in [1.54, 1.807) is 6.92 Å². The minimum Gasteiger partial charge on any atom is -0.503 e. The Morgan fingerprint density at radius 1 is 1.30 bits per heavy atom. The zero-order valence-electron chi connectivity index (χ0n) is 12.6. The molecule has 0 heterocycles. The minimum atomic E-state index is -1.73. The highest BCUT2D eigenvalue weighted by molar-refractivity contribution is 7.85. The Morgan fingerprint density at radius 2 is 1.96 bits per heavy atom. The molecule has 1 saturated carbocycles. The highest BCUT2D eigenvalue weighted by Crippen LogP contribution is 2.27. The van der Waals surface area contributed by atoms with Gasteiger partial charge in [0.2, 0.25) is 5.82 Å². The fraction of sp³-hybridized carbons (Fsp3) is 0.533. The molecule has 0 saturated heterocycles. The molecule has 8 heteroatoms. The Balaban J connectivity index is 2.23. The van der Waals surface area contributed by atoms with Crippen molar-refractivity contribution in [3.63, 3.8) is 0 Å². The smallest absolute Gasteiger partial charge is 0.254 e. The van der Waals surface area contributed by atoms with E-state index >= 15 is 0 Å². The number of carbonyl (C=O) groups excluding carboxylic acids is 1. The van der Waals surface area contributed by atoms with Crippen molar-refractivity contribution in [2.75, 3.05) is 5.75 Å². The average molecular weight is 349 g/mol. The molecule has 0 spiro atoms. The number of benzene rings is 1. The SMILES string of the molecule is CC[S@](=O)[C@H]1CCCC[C@H]1NC(=O)c1cc(F)c(F)c(O)c1F. The summed E-state index contributed by atoms with van der Waals surface area (Å²) in [5.41, 5.74) is -0.770. The van der Waals surface area contributed by atoms with Crippen LogP contribution in [0.5, 0.6) is 5.75 Å². The van der Waals surface area contributed by atoms with E-state index in [1.165, 1.54) is 0 Å². The van der Waals surface area contributed by atoms with Crippen molar-refractivity contribution >= 4 is 16.7 Å². The van der Waals surface area contributed by atoms with Crippen LogP contribution in [0.4, 0.5) is 13.2 Å². The minimum absolute atomic E-state index is 0.250. The number of halogens is 3. The number of carbonyl (C=O) groups is 1. The first-order chi connectivity index (χ1) is 10.9. The van der Waals surface area contributed by atoms with Gasteiger partial charge in [0.15, 0.2) is 17.4 Å². The summed E-state index contributed by atoms with van der Waals surface area (Å²) in [6.45, 7) is 1.77. The number of hydrogen-bond donors (Lipinski definition) is 2. The first-order valence-electron chi connectivity index (χ1n) is 7.41. The predicted octanol–water partition coefficient (Wildman–Crippen LogP) is 2.62. The van der Waals surface area contributed by atoms with Crippen molar-refractivity contribution in [1.29, 1.82) is 0 Å². The van der Waals surface area contributed by atoms with Crippen molar-refractivity contribution in [2.45, 2.75) is 43.9 Å². The average Bonchev–Trinajstić information content (AvgIpc) is 2.55. The Morgan fingerprint density at radius 3 is 2.61 bits per heavy atom. The van der Waals surface area contributed by atoms with Gasteiger partial charge in [0.25, 0.3) is 5.91 Å². The second-order valence-corrected chi connectivity index (χ2v) is 7.40. The van der Waals surface area contributed by atoms with Crippen molar-refractivity contribution in [3.05, 3.63) is 29.1 Å². The van der Waals surface area contributed by atoms with Gasteiger partial charge in [-0.15, -0.1) is 0 Å². The number of nitrogens with one attached hydrogen (secondary N) is 1. The van der Waals surface area contributed by atoms with Gasteiger partial charge in [0.1, 0.15) is 0 Å². The van der Waals surface area contributed by atoms with Crippen molar-refractivity contribution in [1.82, 2.24) is 5.32 Å². The van der Waals surface area contributed by atoms with Crippen LogP contribution in [0.3, 0.4) is 0 Å². The first kappa shape index (κ1) is 17.8. The number of amides is 1. The lowest BCUT2D eigenvalue weighted by Gasteiger charge is -2.31. The maximum atomic E-state index is 13.8. The molecule has 1 amide bonds. The van der Waals surface area contributed by atoms with Crippen LogP contribution >= 0.6 is 0 Å². The summed E-state index contributed by atoms with van der Waals surface area (Å²) < 4.78 is 52.2. The molecule has 3 atom stereocenters. The molecule has 128 valence electrons. The molecule has 1 aliphatic rings. The molecule has 1 aromatic carbocycles. The van der Waals surface area contributed by atoms with Gasteiger partial charge in [-0.1, -0.05) is 19.8 Å². The Bertz CT molecular complexity index is 639. The molecule has 1 aromatic rings. The van der Waals surface area contributed by atoms with E-state index in [-0.39, 0.29) is 5.25 Å². The molecule has 2 rings (SSSR count). The number of phenolic OH excluding ortho intramolecular Hbond substituents is 1. The standard InChI is InChI=1S/C15H18F3NO3S/c1-2-23(22)11-6-4-3-5-10(11)19-15(21)8-7-9(16)13(18)14(20)12(8)17/h7,10-11,20H,2-6H2,1H3,(H,19,21)/t10-,11+,23+/m1/s1. The zero-order chi connectivity index (χ0) is 17.1. The van der Waals surface area contributed by atoms with Crippen LogP contribution in [0, 0.1) is 17.5 Å². The topological polar surface area (TPSA) is 66.4 Å². The molecule has 0 radical (unpaired) electrons. The van der Waals surface area contributed by atoms with E-state index in [9.17, 15) is 27.3 Å². The van der Waals surface area contributed by atoms with Crippen LogP contribution in [-0.4, -0.2) is 32.3 Å². The lowest BCUT2D eigenvalue weighted by molar-refractivity contribution is 0.0923. The third kappa shape index (κ3) is 3.68. The van der Waals surface area contributed by atoms with Crippen LogP contribution < -0.4 is 5.32 Å². The maximum Gasteiger partial charge on any atom is 0.254 e. The van der Waals surface area contributed by atoms with Gasteiger partial charge in [0.05, 0.1) is 10.8 Å². The lowest BCUT2D eigenvalue weighted by Crippen LogP contribution is -2.47. The van der Waals surface area contributed by atoms with Crippen molar-refractivity contribution in [3.8, 4) is 5.75 Å². The zero-order valence-corrected chi connectivity index (χ0v) is 13.4. The molecular weight excluding hydrogens is 331 g/mol. The van der Waals surface area contributed by atoms with Crippen LogP contribution in [0.1, 0.15) is 43.0 Å². The number of rotatable bonds is 4. The van der Waals surface area contributed by atoms with E-state index in [0.717, 1.165) is 12.8 Å². The third-order valence-electron chi connectivity index (χ3n) is 4.02. The van der Waals surface area contributed by atoms with E-state index in [1.807, 2.05) is 0 Å². The monoisotopic (exact) mass is 349 g/mol. The van der Waals surface area contributed by atoms with Crippen LogP contribution in [-0.2, 0) is 10.8 Å². The summed E-state index contributed by atoms with van der Waals surface area (Å²) in [5, 5.41) is 11.5. The Hall–Kier alpha value is -1.57. The molecule has 0 aromatic heterocycles. The summed E-state index contributed by atoms with van der Waals surface area (Å²) in [6, 6.07) is -0.0133. The summed E-state index contributed by atoms with van der Waals surface area (Å²) in [6.07, 6.45) is 2.98. The lowest BCUT2D eigenvalue weighted by atomic mass is 9.94. The Labute approximate surface area is 134 Å². The van der Waals surface area contributed by atoms with Gasteiger partial charge in [-0.2, -0.15) is 4.39 Å². The summed E-state index contributed by atoms with van der Waals surface area (Å²) in [7, 11) is -1.13. The fourth-order valence-electron chi connectivity index (χ4n) is 2.79. The fourth-order valence-corrected chi connectivity index (χ4v) is 4.22. The van der Waals surface area contributed by atoms with Crippen LogP contribution in [0.25, 0.3) is 0 Å². The molecule has 0 bridgehead atoms. The van der Waals surface area contributed by atoms with Gasteiger partial charge >= 0.3 is 0 Å². The van der Waals surface area contributed by atoms with Crippen LogP contribution in [0.2, 0.25) is 0 Å². The second kappa shape index (κ2) is 7.33. The largest absolute Gasteiger partial charge is 0.503 e.